The maximum Gasteiger partial charge on any atom is 0.129 e. The standard InChI is InChI=1S/C13H13FO2S/c1-8-3-4-11(14)10(5-8)13(15)12-6-9(16-2)7-17-12/h3-7,13,15H,1-2H3. The molecule has 2 rings (SSSR count). The van der Waals surface area contributed by atoms with E-state index in [1.165, 1.54) is 17.4 Å². The molecule has 0 saturated carbocycles. The van der Waals surface area contributed by atoms with Gasteiger partial charge in [0, 0.05) is 15.8 Å². The molecule has 0 bridgehead atoms. The highest BCUT2D eigenvalue weighted by atomic mass is 32.1. The number of ether oxygens (including phenoxy) is 1. The van der Waals surface area contributed by atoms with E-state index in [2.05, 4.69) is 0 Å². The normalized spacial score (nSPS) is 12.5. The predicted molar refractivity (Wildman–Crippen MR) is 66.1 cm³/mol. The van der Waals surface area contributed by atoms with E-state index in [0.717, 1.165) is 5.56 Å². The molecular formula is C13H13FO2S. The Morgan fingerprint density at radius 1 is 1.35 bits per heavy atom. The van der Waals surface area contributed by atoms with Gasteiger partial charge < -0.3 is 9.84 Å². The summed E-state index contributed by atoms with van der Waals surface area (Å²) in [7, 11) is 1.56. The quantitative estimate of drug-likeness (QED) is 0.908. The Labute approximate surface area is 103 Å². The summed E-state index contributed by atoms with van der Waals surface area (Å²) in [6.45, 7) is 1.87. The lowest BCUT2D eigenvalue weighted by atomic mass is 10.0. The summed E-state index contributed by atoms with van der Waals surface area (Å²) < 4.78 is 18.6. The van der Waals surface area contributed by atoms with Gasteiger partial charge in [0.25, 0.3) is 0 Å². The van der Waals surface area contributed by atoms with Crippen molar-refractivity contribution in [3.8, 4) is 5.75 Å². The summed E-state index contributed by atoms with van der Waals surface area (Å²) in [5, 5.41) is 11.9. The molecule has 1 aromatic carbocycles. The van der Waals surface area contributed by atoms with Gasteiger partial charge in [-0.25, -0.2) is 4.39 Å². The van der Waals surface area contributed by atoms with Gasteiger partial charge in [0.1, 0.15) is 17.7 Å². The molecule has 1 N–H and O–H groups in total. The summed E-state index contributed by atoms with van der Waals surface area (Å²) >= 11 is 1.35. The van der Waals surface area contributed by atoms with Crippen LogP contribution < -0.4 is 4.74 Å². The molecule has 0 spiro atoms. The lowest BCUT2D eigenvalue weighted by Gasteiger charge is -2.10. The predicted octanol–water partition coefficient (Wildman–Crippen LogP) is 3.29. The molecule has 1 heterocycles. The fourth-order valence-electron chi connectivity index (χ4n) is 1.61. The largest absolute Gasteiger partial charge is 0.496 e. The van der Waals surface area contributed by atoms with E-state index in [1.54, 1.807) is 30.7 Å². The molecule has 1 aromatic heterocycles. The second-order valence-corrected chi connectivity index (χ2v) is 4.76. The third kappa shape index (κ3) is 2.48. The van der Waals surface area contributed by atoms with E-state index >= 15 is 0 Å². The lowest BCUT2D eigenvalue weighted by molar-refractivity contribution is 0.218. The van der Waals surface area contributed by atoms with Crippen LogP contribution >= 0.6 is 11.3 Å². The average molecular weight is 252 g/mol. The van der Waals surface area contributed by atoms with Gasteiger partial charge in [-0.2, -0.15) is 0 Å². The van der Waals surface area contributed by atoms with Crippen LogP contribution in [0.5, 0.6) is 5.75 Å². The molecule has 2 aromatic rings. The molecule has 0 radical (unpaired) electrons. The summed E-state index contributed by atoms with van der Waals surface area (Å²) in [6, 6.07) is 6.43. The van der Waals surface area contributed by atoms with Crippen LogP contribution in [0.3, 0.4) is 0 Å². The SMILES string of the molecule is COc1csc(C(O)c2cc(C)ccc2F)c1. The van der Waals surface area contributed by atoms with Crippen molar-refractivity contribution in [2.24, 2.45) is 0 Å². The second-order valence-electron chi connectivity index (χ2n) is 3.82. The van der Waals surface area contributed by atoms with E-state index < -0.39 is 11.9 Å². The average Bonchev–Trinajstić information content (AvgIpc) is 2.80. The number of hydrogen-bond donors (Lipinski definition) is 1. The molecule has 1 atom stereocenters. The Kier molecular flexibility index (Phi) is 3.45. The smallest absolute Gasteiger partial charge is 0.129 e. The van der Waals surface area contributed by atoms with Gasteiger partial charge in [0.2, 0.25) is 0 Å². The first-order valence-corrected chi connectivity index (χ1v) is 6.06. The van der Waals surface area contributed by atoms with Crippen molar-refractivity contribution in [1.29, 1.82) is 0 Å². The van der Waals surface area contributed by atoms with Gasteiger partial charge in [-0.3, -0.25) is 0 Å². The minimum absolute atomic E-state index is 0.300. The molecule has 0 saturated heterocycles. The van der Waals surface area contributed by atoms with E-state index in [0.29, 0.717) is 16.2 Å². The number of thiophene rings is 1. The van der Waals surface area contributed by atoms with Crippen LogP contribution in [0.4, 0.5) is 4.39 Å². The van der Waals surface area contributed by atoms with Crippen LogP contribution in [0, 0.1) is 12.7 Å². The summed E-state index contributed by atoms with van der Waals surface area (Å²) in [5.74, 6) is 0.285. The molecule has 0 aliphatic carbocycles. The molecular weight excluding hydrogens is 239 g/mol. The first kappa shape index (κ1) is 12.1. The summed E-state index contributed by atoms with van der Waals surface area (Å²) in [4.78, 5) is 0.673. The number of aliphatic hydroxyl groups excluding tert-OH is 1. The van der Waals surface area contributed by atoms with Crippen LogP contribution in [0.25, 0.3) is 0 Å². The molecule has 0 fully saturated rings. The third-order valence-electron chi connectivity index (χ3n) is 2.55. The van der Waals surface area contributed by atoms with Crippen LogP contribution in [-0.4, -0.2) is 12.2 Å². The summed E-state index contributed by atoms with van der Waals surface area (Å²) in [5.41, 5.74) is 1.22. The van der Waals surface area contributed by atoms with Crippen molar-refractivity contribution < 1.29 is 14.2 Å². The minimum Gasteiger partial charge on any atom is -0.496 e. The third-order valence-corrected chi connectivity index (χ3v) is 3.51. The van der Waals surface area contributed by atoms with E-state index in [1.807, 2.05) is 6.92 Å². The number of aliphatic hydroxyl groups is 1. The maximum atomic E-state index is 13.6. The van der Waals surface area contributed by atoms with Gasteiger partial charge >= 0.3 is 0 Å². The van der Waals surface area contributed by atoms with Crippen molar-refractivity contribution in [1.82, 2.24) is 0 Å². The highest BCUT2D eigenvalue weighted by molar-refractivity contribution is 7.10. The van der Waals surface area contributed by atoms with Crippen LogP contribution in [0.2, 0.25) is 0 Å². The highest BCUT2D eigenvalue weighted by Crippen LogP contribution is 2.32. The Hall–Kier alpha value is -1.39. The van der Waals surface area contributed by atoms with Crippen molar-refractivity contribution in [3.05, 3.63) is 51.5 Å². The molecule has 1 unspecified atom stereocenters. The van der Waals surface area contributed by atoms with Crippen molar-refractivity contribution in [2.45, 2.75) is 13.0 Å². The first-order chi connectivity index (χ1) is 8.11. The zero-order valence-corrected chi connectivity index (χ0v) is 10.4. The van der Waals surface area contributed by atoms with Gasteiger partial charge in [-0.1, -0.05) is 17.7 Å². The molecule has 17 heavy (non-hydrogen) atoms. The van der Waals surface area contributed by atoms with Crippen LogP contribution in [-0.2, 0) is 0 Å². The fourth-order valence-corrected chi connectivity index (χ4v) is 2.47. The molecule has 90 valence electrons. The lowest BCUT2D eigenvalue weighted by Crippen LogP contribution is -2.01. The zero-order valence-electron chi connectivity index (χ0n) is 9.61. The molecule has 4 heteroatoms. The summed E-state index contributed by atoms with van der Waals surface area (Å²) in [6.07, 6.45) is -0.941. The monoisotopic (exact) mass is 252 g/mol. The zero-order chi connectivity index (χ0) is 12.4. The number of halogens is 1. The number of benzene rings is 1. The Balaban J connectivity index is 2.35. The van der Waals surface area contributed by atoms with Gasteiger partial charge in [0.15, 0.2) is 0 Å². The maximum absolute atomic E-state index is 13.6. The number of aryl methyl sites for hydroxylation is 1. The van der Waals surface area contributed by atoms with Crippen LogP contribution in [0.15, 0.2) is 29.6 Å². The molecule has 0 aliphatic rings. The topological polar surface area (TPSA) is 29.5 Å². The van der Waals surface area contributed by atoms with Gasteiger partial charge in [-0.15, -0.1) is 11.3 Å². The molecule has 2 nitrogen and oxygen atoms in total. The van der Waals surface area contributed by atoms with E-state index in [9.17, 15) is 9.50 Å². The van der Waals surface area contributed by atoms with E-state index in [-0.39, 0.29) is 0 Å². The van der Waals surface area contributed by atoms with Crippen LogP contribution in [0.1, 0.15) is 22.1 Å². The van der Waals surface area contributed by atoms with Crippen molar-refractivity contribution in [3.63, 3.8) is 0 Å². The van der Waals surface area contributed by atoms with Crippen molar-refractivity contribution in [2.75, 3.05) is 7.11 Å². The van der Waals surface area contributed by atoms with Gasteiger partial charge in [0.05, 0.1) is 7.11 Å². The fraction of sp³-hybridized carbons (Fsp3) is 0.231. The molecule has 0 aliphatic heterocycles. The second kappa shape index (κ2) is 4.85. The first-order valence-electron chi connectivity index (χ1n) is 5.18. The number of methoxy groups -OCH3 is 1. The Morgan fingerprint density at radius 2 is 2.12 bits per heavy atom. The Morgan fingerprint density at radius 3 is 2.76 bits per heavy atom. The minimum atomic E-state index is -0.941. The Bertz CT molecular complexity index is 522. The highest BCUT2D eigenvalue weighted by Gasteiger charge is 2.17. The van der Waals surface area contributed by atoms with Crippen molar-refractivity contribution >= 4 is 11.3 Å². The number of hydrogen-bond acceptors (Lipinski definition) is 3. The number of rotatable bonds is 3. The van der Waals surface area contributed by atoms with Gasteiger partial charge in [-0.05, 0) is 19.1 Å². The molecule has 0 amide bonds. The van der Waals surface area contributed by atoms with E-state index in [4.69, 9.17) is 4.74 Å².